The number of benzene rings is 1. The fourth-order valence-corrected chi connectivity index (χ4v) is 2.75. The van der Waals surface area contributed by atoms with Crippen molar-refractivity contribution >= 4 is 11.8 Å². The topological polar surface area (TPSA) is 124 Å². The minimum atomic E-state index is -1.08. The molecule has 0 saturated heterocycles. The van der Waals surface area contributed by atoms with E-state index in [-0.39, 0.29) is 41.9 Å². The van der Waals surface area contributed by atoms with E-state index in [1.807, 2.05) is 0 Å². The number of esters is 1. The zero-order valence-corrected chi connectivity index (χ0v) is 13.9. The normalized spacial score (nSPS) is 27.1. The number of cyclic esters (lactones) is 1. The summed E-state index contributed by atoms with van der Waals surface area (Å²) in [6.07, 6.45) is 0.598. The van der Waals surface area contributed by atoms with Crippen LogP contribution in [0, 0.1) is 0 Å². The number of fused-ring (bicyclic) bond motifs is 1. The standard InChI is InChI=1S/C18H22O7/c1-10-6-15(22)14(21)5-3-2-4-12(19)7-11-8-13(20)9-16(23)17(11)18(24)25-10/h2,4,8-10,14-15,20-23H,3,5-7H2,1H3/b4-2+/t10-,14?,15?/m1/s1. The van der Waals surface area contributed by atoms with Crippen LogP contribution in [0.3, 0.4) is 0 Å². The maximum atomic E-state index is 12.4. The molecule has 1 aromatic rings. The van der Waals surface area contributed by atoms with Gasteiger partial charge in [0.15, 0.2) is 5.78 Å². The number of aliphatic hydroxyl groups is 2. The highest BCUT2D eigenvalue weighted by atomic mass is 16.5. The van der Waals surface area contributed by atoms with E-state index >= 15 is 0 Å². The zero-order chi connectivity index (χ0) is 18.6. The second-order valence-corrected chi connectivity index (χ2v) is 6.21. The highest BCUT2D eigenvalue weighted by molar-refractivity contribution is 5.98. The second kappa shape index (κ2) is 8.13. The first-order valence-electron chi connectivity index (χ1n) is 8.09. The number of hydrogen-bond donors (Lipinski definition) is 4. The number of ketones is 1. The molecule has 1 aromatic carbocycles. The van der Waals surface area contributed by atoms with E-state index in [1.165, 1.54) is 12.1 Å². The molecule has 4 N–H and O–H groups in total. The molecule has 2 unspecified atom stereocenters. The lowest BCUT2D eigenvalue weighted by Crippen LogP contribution is -2.31. The summed E-state index contributed by atoms with van der Waals surface area (Å²) in [7, 11) is 0. The number of allylic oxidation sites excluding steroid dienone is 2. The van der Waals surface area contributed by atoms with Crippen molar-refractivity contribution in [2.45, 2.75) is 50.9 Å². The van der Waals surface area contributed by atoms with Gasteiger partial charge in [0.25, 0.3) is 0 Å². The number of hydrogen-bond acceptors (Lipinski definition) is 7. The minimum absolute atomic E-state index is 0.0315. The van der Waals surface area contributed by atoms with Gasteiger partial charge in [-0.3, -0.25) is 4.79 Å². The predicted molar refractivity (Wildman–Crippen MR) is 88.4 cm³/mol. The number of phenolic OH excluding ortho intramolecular Hbond substituents is 2. The van der Waals surface area contributed by atoms with Crippen LogP contribution in [0.15, 0.2) is 24.3 Å². The molecule has 136 valence electrons. The largest absolute Gasteiger partial charge is 0.508 e. The molecule has 0 aliphatic carbocycles. The van der Waals surface area contributed by atoms with Crippen LogP contribution in [0.1, 0.15) is 42.1 Å². The van der Waals surface area contributed by atoms with E-state index in [0.717, 1.165) is 6.07 Å². The average Bonchev–Trinajstić information content (AvgIpc) is 2.49. The second-order valence-electron chi connectivity index (χ2n) is 6.21. The van der Waals surface area contributed by atoms with Gasteiger partial charge in [0.1, 0.15) is 23.2 Å². The van der Waals surface area contributed by atoms with Gasteiger partial charge < -0.3 is 25.2 Å². The molecule has 0 aromatic heterocycles. The maximum Gasteiger partial charge on any atom is 0.342 e. The van der Waals surface area contributed by atoms with Crippen LogP contribution >= 0.6 is 0 Å². The Kier molecular flexibility index (Phi) is 6.17. The molecule has 1 heterocycles. The molecule has 25 heavy (non-hydrogen) atoms. The molecule has 0 spiro atoms. The van der Waals surface area contributed by atoms with Gasteiger partial charge in [0, 0.05) is 18.9 Å². The maximum absolute atomic E-state index is 12.4. The average molecular weight is 350 g/mol. The summed E-state index contributed by atoms with van der Waals surface area (Å²) < 4.78 is 5.22. The molecule has 1 aliphatic rings. The molecule has 1 aliphatic heterocycles. The van der Waals surface area contributed by atoms with Crippen molar-refractivity contribution in [2.24, 2.45) is 0 Å². The van der Waals surface area contributed by atoms with E-state index < -0.39 is 30.0 Å². The van der Waals surface area contributed by atoms with Crippen molar-refractivity contribution in [1.82, 2.24) is 0 Å². The summed E-state index contributed by atoms with van der Waals surface area (Å²) in [6, 6.07) is 2.23. The van der Waals surface area contributed by atoms with Gasteiger partial charge in [0.2, 0.25) is 0 Å². The fraction of sp³-hybridized carbons (Fsp3) is 0.444. The van der Waals surface area contributed by atoms with Gasteiger partial charge in [-0.25, -0.2) is 4.79 Å². The summed E-state index contributed by atoms with van der Waals surface area (Å²) in [4.78, 5) is 24.4. The lowest BCUT2D eigenvalue weighted by molar-refractivity contribution is -0.114. The van der Waals surface area contributed by atoms with Crippen molar-refractivity contribution in [3.63, 3.8) is 0 Å². The fourth-order valence-electron chi connectivity index (χ4n) is 2.75. The number of aliphatic hydroxyl groups excluding tert-OH is 2. The summed E-state index contributed by atoms with van der Waals surface area (Å²) in [6.45, 7) is 1.56. The first-order chi connectivity index (χ1) is 11.8. The zero-order valence-electron chi connectivity index (χ0n) is 13.9. The van der Waals surface area contributed by atoms with Gasteiger partial charge >= 0.3 is 5.97 Å². The molecule has 0 fully saturated rings. The van der Waals surface area contributed by atoms with Crippen LogP contribution < -0.4 is 0 Å². The highest BCUT2D eigenvalue weighted by Crippen LogP contribution is 2.29. The molecule has 2 rings (SSSR count). The van der Waals surface area contributed by atoms with Crippen LogP contribution in [0.2, 0.25) is 0 Å². The van der Waals surface area contributed by atoms with E-state index in [2.05, 4.69) is 0 Å². The third-order valence-corrected chi connectivity index (χ3v) is 4.01. The van der Waals surface area contributed by atoms with E-state index in [4.69, 9.17) is 4.74 Å². The third-order valence-electron chi connectivity index (χ3n) is 4.01. The summed E-state index contributed by atoms with van der Waals surface area (Å²) in [5.74, 6) is -1.96. The summed E-state index contributed by atoms with van der Waals surface area (Å²) in [5.41, 5.74) is -0.0412. The quantitative estimate of drug-likeness (QED) is 0.519. The molecule has 3 atom stereocenters. The van der Waals surface area contributed by atoms with Crippen LogP contribution in [0.5, 0.6) is 11.5 Å². The molecule has 0 saturated carbocycles. The SMILES string of the molecule is C[C@@H]1CC(O)C(O)CC/C=C/C(=O)Cc2cc(O)cc(O)c2C(=O)O1. The van der Waals surface area contributed by atoms with Gasteiger partial charge in [-0.15, -0.1) is 0 Å². The molecule has 0 radical (unpaired) electrons. The van der Waals surface area contributed by atoms with E-state index in [0.29, 0.717) is 6.42 Å². The number of ether oxygens (including phenoxy) is 1. The van der Waals surface area contributed by atoms with Crippen LogP contribution in [-0.2, 0) is 16.0 Å². The smallest absolute Gasteiger partial charge is 0.342 e. The number of aromatic hydroxyl groups is 2. The Bertz CT molecular complexity index is 680. The van der Waals surface area contributed by atoms with Crippen molar-refractivity contribution < 1.29 is 34.8 Å². The van der Waals surface area contributed by atoms with Crippen LogP contribution in [0.25, 0.3) is 0 Å². The minimum Gasteiger partial charge on any atom is -0.508 e. The van der Waals surface area contributed by atoms with Gasteiger partial charge in [-0.2, -0.15) is 0 Å². The number of carbonyl (C=O) groups is 2. The van der Waals surface area contributed by atoms with E-state index in [1.54, 1.807) is 13.0 Å². The van der Waals surface area contributed by atoms with Crippen molar-refractivity contribution in [2.75, 3.05) is 0 Å². The van der Waals surface area contributed by atoms with Crippen molar-refractivity contribution in [1.29, 1.82) is 0 Å². The number of carbonyl (C=O) groups excluding carboxylic acids is 2. The Balaban J connectivity index is 2.38. The van der Waals surface area contributed by atoms with Crippen LogP contribution in [0.4, 0.5) is 0 Å². The Morgan fingerprint density at radius 1 is 1.12 bits per heavy atom. The summed E-state index contributed by atoms with van der Waals surface area (Å²) in [5, 5.41) is 39.5. The number of rotatable bonds is 0. The molecule has 7 nitrogen and oxygen atoms in total. The predicted octanol–water partition coefficient (Wildman–Crippen LogP) is 1.22. The summed E-state index contributed by atoms with van der Waals surface area (Å²) >= 11 is 0. The Labute approximate surface area is 145 Å². The van der Waals surface area contributed by atoms with Crippen molar-refractivity contribution in [3.05, 3.63) is 35.4 Å². The lowest BCUT2D eigenvalue weighted by atomic mass is 9.99. The number of phenols is 2. The third kappa shape index (κ3) is 5.04. The Morgan fingerprint density at radius 2 is 1.84 bits per heavy atom. The van der Waals surface area contributed by atoms with Gasteiger partial charge in [0.05, 0.1) is 12.2 Å². The Hall–Kier alpha value is -2.38. The molecule has 7 heteroatoms. The molecule has 0 amide bonds. The van der Waals surface area contributed by atoms with Crippen LogP contribution in [-0.4, -0.2) is 50.5 Å². The van der Waals surface area contributed by atoms with Crippen molar-refractivity contribution in [3.8, 4) is 11.5 Å². The van der Waals surface area contributed by atoms with Gasteiger partial charge in [-0.05, 0) is 37.5 Å². The monoisotopic (exact) mass is 350 g/mol. The van der Waals surface area contributed by atoms with Gasteiger partial charge in [-0.1, -0.05) is 6.08 Å². The lowest BCUT2D eigenvalue weighted by Gasteiger charge is -2.22. The highest BCUT2D eigenvalue weighted by Gasteiger charge is 2.25. The molecular weight excluding hydrogens is 328 g/mol. The molecular formula is C18H22O7. The first-order valence-corrected chi connectivity index (χ1v) is 8.09. The Morgan fingerprint density at radius 3 is 2.56 bits per heavy atom. The van der Waals surface area contributed by atoms with E-state index in [9.17, 15) is 30.0 Å². The molecule has 0 bridgehead atoms. The first kappa shape index (κ1) is 19.0.